The summed E-state index contributed by atoms with van der Waals surface area (Å²) in [4.78, 5) is 25.0. The summed E-state index contributed by atoms with van der Waals surface area (Å²) in [5, 5.41) is 11.9. The molecule has 2 rings (SSSR count). The Balaban J connectivity index is 1.87. The third-order valence-electron chi connectivity index (χ3n) is 4.24. The molecule has 5 heteroatoms. The highest BCUT2D eigenvalue weighted by Crippen LogP contribution is 2.27. The minimum Gasteiger partial charge on any atom is -0.478 e. The number of hydrogen-bond acceptors (Lipinski definition) is 3. The molecular formula is C18H26N2O3. The summed E-state index contributed by atoms with van der Waals surface area (Å²) in [6.45, 7) is 6.67. The molecule has 1 atom stereocenters. The number of likely N-dealkylation sites (tertiary alicyclic amines) is 1. The van der Waals surface area contributed by atoms with Crippen molar-refractivity contribution >= 4 is 11.9 Å². The van der Waals surface area contributed by atoms with Crippen LogP contribution in [0, 0.1) is 0 Å². The number of carbonyl (C=O) groups is 2. The van der Waals surface area contributed by atoms with Crippen LogP contribution in [0.15, 0.2) is 24.3 Å². The molecule has 1 saturated heterocycles. The third-order valence-corrected chi connectivity index (χ3v) is 4.24. The normalized spacial score (nSPS) is 18.8. The highest BCUT2D eigenvalue weighted by molar-refractivity contribution is 5.87. The molecule has 1 aromatic rings. The Kier molecular flexibility index (Phi) is 6.16. The predicted molar refractivity (Wildman–Crippen MR) is 89.7 cm³/mol. The third kappa shape index (κ3) is 5.36. The lowest BCUT2D eigenvalue weighted by molar-refractivity contribution is -0.122. The largest absolute Gasteiger partial charge is 0.478 e. The van der Waals surface area contributed by atoms with Gasteiger partial charge in [0.05, 0.1) is 5.56 Å². The van der Waals surface area contributed by atoms with E-state index in [1.54, 1.807) is 12.1 Å². The van der Waals surface area contributed by atoms with Gasteiger partial charge in [0.25, 0.3) is 0 Å². The topological polar surface area (TPSA) is 69.6 Å². The summed E-state index contributed by atoms with van der Waals surface area (Å²) in [5.74, 6) is -0.370. The molecule has 0 aliphatic carbocycles. The first kappa shape index (κ1) is 17.5. The van der Waals surface area contributed by atoms with Crippen molar-refractivity contribution in [2.45, 2.75) is 45.1 Å². The summed E-state index contributed by atoms with van der Waals surface area (Å²) < 4.78 is 0. The lowest BCUT2D eigenvalue weighted by Gasteiger charge is -2.33. The number of hydrogen-bond donors (Lipinski definition) is 2. The van der Waals surface area contributed by atoms with Gasteiger partial charge in [-0.2, -0.15) is 0 Å². The van der Waals surface area contributed by atoms with Gasteiger partial charge in [0.15, 0.2) is 0 Å². The van der Waals surface area contributed by atoms with E-state index < -0.39 is 5.97 Å². The van der Waals surface area contributed by atoms with Crippen LogP contribution in [-0.4, -0.2) is 47.6 Å². The molecule has 0 aromatic heterocycles. The average molecular weight is 318 g/mol. The Hall–Kier alpha value is -1.88. The predicted octanol–water partition coefficient (Wildman–Crippen LogP) is 2.48. The molecule has 126 valence electrons. The summed E-state index contributed by atoms with van der Waals surface area (Å²) >= 11 is 0. The fraction of sp³-hybridized carbons (Fsp3) is 0.556. The summed E-state index contributed by atoms with van der Waals surface area (Å²) in [7, 11) is 0. The molecule has 23 heavy (non-hydrogen) atoms. The molecule has 1 fully saturated rings. The molecule has 1 amide bonds. The number of rotatable bonds is 6. The van der Waals surface area contributed by atoms with Crippen LogP contribution in [0.2, 0.25) is 0 Å². The minimum atomic E-state index is -0.891. The quantitative estimate of drug-likeness (QED) is 0.845. The molecule has 0 radical (unpaired) electrons. The molecule has 1 heterocycles. The Bertz CT molecular complexity index is 540. The van der Waals surface area contributed by atoms with Crippen LogP contribution < -0.4 is 5.32 Å². The van der Waals surface area contributed by atoms with Crippen molar-refractivity contribution in [1.82, 2.24) is 10.2 Å². The van der Waals surface area contributed by atoms with Crippen molar-refractivity contribution in [3.8, 4) is 0 Å². The van der Waals surface area contributed by atoms with Crippen molar-refractivity contribution in [2.24, 2.45) is 0 Å². The van der Waals surface area contributed by atoms with Crippen LogP contribution in [0.4, 0.5) is 0 Å². The Labute approximate surface area is 137 Å². The van der Waals surface area contributed by atoms with E-state index in [1.165, 1.54) is 5.56 Å². The number of benzene rings is 1. The van der Waals surface area contributed by atoms with Crippen molar-refractivity contribution in [3.05, 3.63) is 35.4 Å². The van der Waals surface area contributed by atoms with E-state index in [0.717, 1.165) is 32.5 Å². The zero-order chi connectivity index (χ0) is 16.8. The summed E-state index contributed by atoms with van der Waals surface area (Å²) in [6.07, 6.45) is 2.75. The number of amides is 1. The number of carboxylic acids is 1. The van der Waals surface area contributed by atoms with E-state index in [2.05, 4.69) is 10.2 Å². The van der Waals surface area contributed by atoms with Gasteiger partial charge in [-0.25, -0.2) is 4.79 Å². The smallest absolute Gasteiger partial charge is 0.335 e. The van der Waals surface area contributed by atoms with Gasteiger partial charge in [0, 0.05) is 25.6 Å². The maximum atomic E-state index is 11.8. The first-order valence-corrected chi connectivity index (χ1v) is 8.30. The van der Waals surface area contributed by atoms with Gasteiger partial charge in [-0.1, -0.05) is 12.1 Å². The van der Waals surface area contributed by atoms with Crippen LogP contribution in [0.1, 0.15) is 54.9 Å². The number of piperidine rings is 1. The first-order chi connectivity index (χ1) is 11.0. The van der Waals surface area contributed by atoms with E-state index in [0.29, 0.717) is 17.9 Å². The minimum absolute atomic E-state index is 0.105. The second-order valence-corrected chi connectivity index (χ2v) is 6.54. The van der Waals surface area contributed by atoms with E-state index in [1.807, 2.05) is 26.0 Å². The van der Waals surface area contributed by atoms with Gasteiger partial charge < -0.3 is 15.3 Å². The number of carboxylic acid groups (broad SMARTS) is 1. The van der Waals surface area contributed by atoms with Crippen molar-refractivity contribution in [2.75, 3.05) is 19.6 Å². The number of carbonyl (C=O) groups excluding carboxylic acids is 1. The molecule has 0 spiro atoms. The molecule has 0 unspecified atom stereocenters. The molecule has 1 aromatic carbocycles. The second-order valence-electron chi connectivity index (χ2n) is 6.54. The Morgan fingerprint density at radius 3 is 2.61 bits per heavy atom. The first-order valence-electron chi connectivity index (χ1n) is 8.30. The van der Waals surface area contributed by atoms with Crippen molar-refractivity contribution < 1.29 is 14.7 Å². The summed E-state index contributed by atoms with van der Waals surface area (Å²) in [6, 6.07) is 7.37. The van der Waals surface area contributed by atoms with Crippen LogP contribution >= 0.6 is 0 Å². The number of nitrogens with zero attached hydrogens (tertiary/aromatic N) is 1. The van der Waals surface area contributed by atoms with Crippen molar-refractivity contribution in [3.63, 3.8) is 0 Å². The standard InChI is InChI=1S/C18H26N2O3/c1-13(2)19-17(21)9-11-20-10-3-4-16(12-20)14-5-7-15(8-6-14)18(22)23/h5-8,13,16H,3-4,9-12H2,1-2H3,(H,19,21)(H,22,23)/t16-/m0/s1. The molecular weight excluding hydrogens is 292 g/mol. The molecule has 0 bridgehead atoms. The fourth-order valence-corrected chi connectivity index (χ4v) is 3.08. The van der Waals surface area contributed by atoms with Crippen LogP contribution in [0.3, 0.4) is 0 Å². The zero-order valence-electron chi connectivity index (χ0n) is 13.9. The highest BCUT2D eigenvalue weighted by Gasteiger charge is 2.22. The Morgan fingerprint density at radius 2 is 2.00 bits per heavy atom. The SMILES string of the molecule is CC(C)NC(=O)CCN1CCC[C@H](c2ccc(C(=O)O)cc2)C1. The molecule has 0 saturated carbocycles. The zero-order valence-corrected chi connectivity index (χ0v) is 13.9. The number of nitrogens with one attached hydrogen (secondary N) is 1. The lowest BCUT2D eigenvalue weighted by Crippen LogP contribution is -2.38. The lowest BCUT2D eigenvalue weighted by atomic mass is 9.90. The van der Waals surface area contributed by atoms with Crippen LogP contribution in [0.25, 0.3) is 0 Å². The van der Waals surface area contributed by atoms with E-state index in [9.17, 15) is 9.59 Å². The average Bonchev–Trinajstić information content (AvgIpc) is 2.53. The fourth-order valence-electron chi connectivity index (χ4n) is 3.08. The van der Waals surface area contributed by atoms with Crippen LogP contribution in [0.5, 0.6) is 0 Å². The van der Waals surface area contributed by atoms with E-state index >= 15 is 0 Å². The van der Waals surface area contributed by atoms with Gasteiger partial charge in [0.1, 0.15) is 0 Å². The number of aromatic carboxylic acids is 1. The van der Waals surface area contributed by atoms with E-state index in [4.69, 9.17) is 5.11 Å². The Morgan fingerprint density at radius 1 is 1.30 bits per heavy atom. The molecule has 1 aliphatic heterocycles. The molecule has 1 aliphatic rings. The molecule has 5 nitrogen and oxygen atoms in total. The second kappa shape index (κ2) is 8.11. The van der Waals surface area contributed by atoms with E-state index in [-0.39, 0.29) is 11.9 Å². The maximum absolute atomic E-state index is 11.8. The van der Waals surface area contributed by atoms with Gasteiger partial charge in [-0.05, 0) is 56.8 Å². The molecule has 2 N–H and O–H groups in total. The van der Waals surface area contributed by atoms with Gasteiger partial charge >= 0.3 is 5.97 Å². The van der Waals surface area contributed by atoms with Gasteiger partial charge in [-0.15, -0.1) is 0 Å². The van der Waals surface area contributed by atoms with Crippen molar-refractivity contribution in [1.29, 1.82) is 0 Å². The maximum Gasteiger partial charge on any atom is 0.335 e. The van der Waals surface area contributed by atoms with Gasteiger partial charge in [0.2, 0.25) is 5.91 Å². The monoisotopic (exact) mass is 318 g/mol. The van der Waals surface area contributed by atoms with Crippen LogP contribution in [-0.2, 0) is 4.79 Å². The highest BCUT2D eigenvalue weighted by atomic mass is 16.4. The van der Waals surface area contributed by atoms with Gasteiger partial charge in [-0.3, -0.25) is 4.79 Å². The summed E-state index contributed by atoms with van der Waals surface area (Å²) in [5.41, 5.74) is 1.51.